The van der Waals surface area contributed by atoms with Gasteiger partial charge in [0.2, 0.25) is 0 Å². The van der Waals surface area contributed by atoms with Crippen molar-refractivity contribution in [3.63, 3.8) is 0 Å². The third kappa shape index (κ3) is 2.92. The molecule has 88 valence electrons. The Morgan fingerprint density at radius 3 is 2.73 bits per heavy atom. The van der Waals surface area contributed by atoms with Crippen molar-refractivity contribution in [3.05, 3.63) is 0 Å². The molecule has 1 N–H and O–H groups in total. The molecule has 15 heavy (non-hydrogen) atoms. The zero-order valence-electron chi connectivity index (χ0n) is 9.16. The first-order valence-electron chi connectivity index (χ1n) is 5.51. The van der Waals surface area contributed by atoms with Crippen LogP contribution in [-0.4, -0.2) is 45.7 Å². The van der Waals surface area contributed by atoms with E-state index in [1.807, 2.05) is 0 Å². The molecule has 0 aromatic rings. The molecule has 2 heterocycles. The topological polar surface area (TPSA) is 55.4 Å². The molecule has 5 heteroatoms. The van der Waals surface area contributed by atoms with Crippen molar-refractivity contribution in [3.8, 4) is 0 Å². The molecule has 0 saturated carbocycles. The molecule has 2 fully saturated rings. The minimum Gasteiger partial charge on any atom is -0.380 e. The van der Waals surface area contributed by atoms with E-state index in [0.29, 0.717) is 11.5 Å². The van der Waals surface area contributed by atoms with Gasteiger partial charge in [-0.25, -0.2) is 8.42 Å². The molecule has 4 nitrogen and oxygen atoms in total. The summed E-state index contributed by atoms with van der Waals surface area (Å²) in [4.78, 5) is 0. The van der Waals surface area contributed by atoms with E-state index in [1.165, 1.54) is 0 Å². The van der Waals surface area contributed by atoms with Gasteiger partial charge in [-0.05, 0) is 12.8 Å². The van der Waals surface area contributed by atoms with E-state index in [0.717, 1.165) is 32.6 Å². The summed E-state index contributed by atoms with van der Waals surface area (Å²) in [6.07, 6.45) is 1.78. The summed E-state index contributed by atoms with van der Waals surface area (Å²) in [5.41, 5.74) is 0.223. The van der Waals surface area contributed by atoms with Crippen LogP contribution in [0, 0.1) is 5.41 Å². The van der Waals surface area contributed by atoms with E-state index in [-0.39, 0.29) is 11.5 Å². The molecule has 1 atom stereocenters. The van der Waals surface area contributed by atoms with Gasteiger partial charge in [-0.3, -0.25) is 0 Å². The number of sulfone groups is 1. The van der Waals surface area contributed by atoms with E-state index in [9.17, 15) is 8.42 Å². The molecule has 0 amide bonds. The fourth-order valence-corrected chi connectivity index (χ4v) is 3.80. The lowest BCUT2D eigenvalue weighted by Crippen LogP contribution is -2.51. The fraction of sp³-hybridized carbons (Fsp3) is 1.00. The minimum absolute atomic E-state index is 0.154. The molecular weight excluding hydrogens is 214 g/mol. The van der Waals surface area contributed by atoms with Crippen LogP contribution in [0.2, 0.25) is 0 Å². The van der Waals surface area contributed by atoms with Crippen molar-refractivity contribution < 1.29 is 13.2 Å². The zero-order chi connectivity index (χ0) is 10.9. The third-order valence-corrected chi connectivity index (χ3v) is 5.00. The Morgan fingerprint density at radius 2 is 2.20 bits per heavy atom. The Hall–Kier alpha value is -0.130. The molecule has 0 aromatic carbocycles. The molecule has 1 unspecified atom stereocenters. The molecular formula is C10H19NO3S. The summed E-state index contributed by atoms with van der Waals surface area (Å²) in [5, 5.41) is 3.36. The molecule has 0 radical (unpaired) electrons. The largest absolute Gasteiger partial charge is 0.380 e. The highest BCUT2D eigenvalue weighted by Gasteiger charge is 2.34. The van der Waals surface area contributed by atoms with Crippen LogP contribution in [0.5, 0.6) is 0 Å². The Morgan fingerprint density at radius 1 is 1.47 bits per heavy atom. The maximum atomic E-state index is 11.4. The first kappa shape index (κ1) is 11.4. The Bertz CT molecular complexity index is 322. The van der Waals surface area contributed by atoms with Crippen molar-refractivity contribution in [2.45, 2.75) is 25.8 Å². The second-order valence-electron chi connectivity index (χ2n) is 5.14. The SMILES string of the molecule is CC1(CNC2CCCS(=O)(=O)C2)COC1. The van der Waals surface area contributed by atoms with Gasteiger partial charge in [0.25, 0.3) is 0 Å². The van der Waals surface area contributed by atoms with E-state index in [2.05, 4.69) is 12.2 Å². The lowest BCUT2D eigenvalue weighted by molar-refractivity contribution is -0.0999. The van der Waals surface area contributed by atoms with Crippen LogP contribution in [-0.2, 0) is 14.6 Å². The maximum absolute atomic E-state index is 11.4. The number of nitrogens with one attached hydrogen (secondary N) is 1. The smallest absolute Gasteiger partial charge is 0.151 e. The summed E-state index contributed by atoms with van der Waals surface area (Å²) in [6, 6.07) is 0.154. The fourth-order valence-electron chi connectivity index (χ4n) is 2.13. The van der Waals surface area contributed by atoms with Crippen LogP contribution in [0.3, 0.4) is 0 Å². The van der Waals surface area contributed by atoms with Gasteiger partial charge >= 0.3 is 0 Å². The van der Waals surface area contributed by atoms with Gasteiger partial charge in [0.15, 0.2) is 9.84 Å². The van der Waals surface area contributed by atoms with Gasteiger partial charge in [-0.1, -0.05) is 6.92 Å². The maximum Gasteiger partial charge on any atom is 0.151 e. The number of ether oxygens (including phenoxy) is 1. The highest BCUT2D eigenvalue weighted by molar-refractivity contribution is 7.91. The van der Waals surface area contributed by atoms with E-state index in [4.69, 9.17) is 4.74 Å². The second-order valence-corrected chi connectivity index (χ2v) is 7.37. The van der Waals surface area contributed by atoms with Crippen LogP contribution >= 0.6 is 0 Å². The highest BCUT2D eigenvalue weighted by Crippen LogP contribution is 2.25. The van der Waals surface area contributed by atoms with E-state index in [1.54, 1.807) is 0 Å². The lowest BCUT2D eigenvalue weighted by atomic mass is 9.88. The quantitative estimate of drug-likeness (QED) is 0.756. The molecule has 0 bridgehead atoms. The molecule has 0 spiro atoms. The number of rotatable bonds is 3. The molecule has 2 saturated heterocycles. The van der Waals surface area contributed by atoms with Crippen LogP contribution in [0.25, 0.3) is 0 Å². The summed E-state index contributed by atoms with van der Waals surface area (Å²) in [7, 11) is -2.78. The van der Waals surface area contributed by atoms with Crippen molar-refractivity contribution in [1.29, 1.82) is 0 Å². The highest BCUT2D eigenvalue weighted by atomic mass is 32.2. The number of hydrogen-bond acceptors (Lipinski definition) is 4. The first-order chi connectivity index (χ1) is 6.99. The van der Waals surface area contributed by atoms with Crippen LogP contribution < -0.4 is 5.32 Å². The lowest BCUT2D eigenvalue weighted by Gasteiger charge is -2.39. The Balaban J connectivity index is 1.79. The summed E-state index contributed by atoms with van der Waals surface area (Å²) in [5.74, 6) is 0.676. The zero-order valence-corrected chi connectivity index (χ0v) is 9.98. The normalized spacial score (nSPS) is 33.3. The van der Waals surface area contributed by atoms with E-state index >= 15 is 0 Å². The average Bonchev–Trinajstić information content (AvgIpc) is 2.10. The summed E-state index contributed by atoms with van der Waals surface area (Å²) in [6.45, 7) is 4.62. The Labute approximate surface area is 91.3 Å². The van der Waals surface area contributed by atoms with Gasteiger partial charge < -0.3 is 10.1 Å². The number of hydrogen-bond donors (Lipinski definition) is 1. The van der Waals surface area contributed by atoms with Crippen molar-refractivity contribution in [1.82, 2.24) is 5.32 Å². The van der Waals surface area contributed by atoms with Gasteiger partial charge in [-0.2, -0.15) is 0 Å². The van der Waals surface area contributed by atoms with Gasteiger partial charge in [0, 0.05) is 18.0 Å². The molecule has 2 aliphatic heterocycles. The Kier molecular flexibility index (Phi) is 3.05. The van der Waals surface area contributed by atoms with Gasteiger partial charge in [0.1, 0.15) is 0 Å². The second kappa shape index (κ2) is 4.03. The molecule has 0 aliphatic carbocycles. The predicted molar refractivity (Wildman–Crippen MR) is 58.6 cm³/mol. The molecule has 2 rings (SSSR count). The molecule has 0 aromatic heterocycles. The summed E-state index contributed by atoms with van der Waals surface area (Å²) < 4.78 is 28.0. The monoisotopic (exact) mass is 233 g/mol. The summed E-state index contributed by atoms with van der Waals surface area (Å²) >= 11 is 0. The minimum atomic E-state index is -2.78. The standard InChI is InChI=1S/C10H19NO3S/c1-10(7-14-8-10)6-11-9-3-2-4-15(12,13)5-9/h9,11H,2-8H2,1H3. The predicted octanol–water partition coefficient (Wildman–Crippen LogP) is 0.190. The molecule has 2 aliphatic rings. The van der Waals surface area contributed by atoms with Crippen LogP contribution in [0.4, 0.5) is 0 Å². The first-order valence-corrected chi connectivity index (χ1v) is 7.33. The van der Waals surface area contributed by atoms with Gasteiger partial charge in [0.05, 0.1) is 24.7 Å². The van der Waals surface area contributed by atoms with E-state index < -0.39 is 9.84 Å². The van der Waals surface area contributed by atoms with Crippen molar-refractivity contribution in [2.75, 3.05) is 31.3 Å². The van der Waals surface area contributed by atoms with Gasteiger partial charge in [-0.15, -0.1) is 0 Å². The third-order valence-electron chi connectivity index (χ3n) is 3.18. The van der Waals surface area contributed by atoms with Crippen molar-refractivity contribution in [2.24, 2.45) is 5.41 Å². The van der Waals surface area contributed by atoms with Crippen LogP contribution in [0.1, 0.15) is 19.8 Å². The van der Waals surface area contributed by atoms with Crippen LogP contribution in [0.15, 0.2) is 0 Å². The van der Waals surface area contributed by atoms with Crippen molar-refractivity contribution >= 4 is 9.84 Å². The average molecular weight is 233 g/mol.